The zero-order valence-electron chi connectivity index (χ0n) is 15.1. The third-order valence-corrected chi connectivity index (χ3v) is 3.33. The lowest BCUT2D eigenvalue weighted by atomic mass is 10.1. The highest BCUT2D eigenvalue weighted by Gasteiger charge is 2.35. The van der Waals surface area contributed by atoms with Gasteiger partial charge in [-0.15, -0.1) is 0 Å². The first kappa shape index (κ1) is 20.6. The van der Waals surface area contributed by atoms with Crippen molar-refractivity contribution in [3.63, 3.8) is 0 Å². The molecular weight excluding hydrogens is 351 g/mol. The Bertz CT molecular complexity index is 613. The Morgan fingerprint density at radius 2 is 1.42 bits per heavy atom. The SMILES string of the molecule is CN(C(=O)OC(C)(C)C)N(C(=O)c1cc(Cl)cc(Cl)c1)C(C)(C)C. The maximum Gasteiger partial charge on any atom is 0.429 e. The van der Waals surface area contributed by atoms with E-state index in [1.54, 1.807) is 26.8 Å². The molecule has 7 heteroatoms. The average Bonchev–Trinajstić information content (AvgIpc) is 2.33. The zero-order chi connectivity index (χ0) is 18.9. The van der Waals surface area contributed by atoms with E-state index >= 15 is 0 Å². The largest absolute Gasteiger partial charge is 0.442 e. The first-order valence-corrected chi connectivity index (χ1v) is 8.25. The van der Waals surface area contributed by atoms with Crippen molar-refractivity contribution in [2.45, 2.75) is 52.7 Å². The first-order valence-electron chi connectivity index (χ1n) is 7.49. The van der Waals surface area contributed by atoms with E-state index in [1.165, 1.54) is 29.2 Å². The summed E-state index contributed by atoms with van der Waals surface area (Å²) >= 11 is 12.0. The highest BCUT2D eigenvalue weighted by molar-refractivity contribution is 6.35. The van der Waals surface area contributed by atoms with Crippen molar-refractivity contribution in [2.24, 2.45) is 0 Å². The summed E-state index contributed by atoms with van der Waals surface area (Å²) in [5.41, 5.74) is -1.05. The molecule has 0 saturated carbocycles. The Labute approximate surface area is 153 Å². The molecule has 0 aliphatic heterocycles. The van der Waals surface area contributed by atoms with Crippen LogP contribution in [-0.2, 0) is 4.74 Å². The van der Waals surface area contributed by atoms with Crippen molar-refractivity contribution in [1.82, 2.24) is 10.0 Å². The zero-order valence-corrected chi connectivity index (χ0v) is 16.6. The number of carbonyl (C=O) groups is 2. The topological polar surface area (TPSA) is 49.9 Å². The number of halogens is 2. The summed E-state index contributed by atoms with van der Waals surface area (Å²) < 4.78 is 5.35. The molecule has 0 spiro atoms. The minimum absolute atomic E-state index is 0.290. The van der Waals surface area contributed by atoms with Crippen LogP contribution < -0.4 is 0 Å². The predicted octanol–water partition coefficient (Wildman–Crippen LogP) is 5.02. The monoisotopic (exact) mass is 374 g/mol. The number of carbonyl (C=O) groups excluding carboxylic acids is 2. The van der Waals surface area contributed by atoms with Crippen molar-refractivity contribution >= 4 is 35.2 Å². The van der Waals surface area contributed by atoms with Crippen LogP contribution in [0, 0.1) is 0 Å². The molecule has 2 amide bonds. The minimum Gasteiger partial charge on any atom is -0.442 e. The van der Waals surface area contributed by atoms with E-state index < -0.39 is 23.1 Å². The second kappa shape index (κ2) is 7.19. The van der Waals surface area contributed by atoms with Gasteiger partial charge in [-0.25, -0.2) is 14.8 Å². The number of benzene rings is 1. The van der Waals surface area contributed by atoms with Gasteiger partial charge in [-0.2, -0.15) is 0 Å². The molecule has 0 aliphatic carbocycles. The molecule has 0 unspecified atom stereocenters. The quantitative estimate of drug-likeness (QED) is 0.648. The van der Waals surface area contributed by atoms with Gasteiger partial charge in [0.15, 0.2) is 0 Å². The van der Waals surface area contributed by atoms with Crippen LogP contribution in [0.15, 0.2) is 18.2 Å². The van der Waals surface area contributed by atoms with Gasteiger partial charge in [0.2, 0.25) is 0 Å². The van der Waals surface area contributed by atoms with Gasteiger partial charge in [0.05, 0.1) is 5.54 Å². The van der Waals surface area contributed by atoms with Crippen LogP contribution in [-0.4, -0.2) is 40.2 Å². The molecule has 1 aromatic carbocycles. The van der Waals surface area contributed by atoms with Crippen molar-refractivity contribution < 1.29 is 14.3 Å². The first-order chi connectivity index (χ1) is 10.7. The van der Waals surface area contributed by atoms with Gasteiger partial charge < -0.3 is 4.74 Å². The van der Waals surface area contributed by atoms with Crippen molar-refractivity contribution in [3.05, 3.63) is 33.8 Å². The van der Waals surface area contributed by atoms with Crippen LogP contribution in [0.5, 0.6) is 0 Å². The maximum atomic E-state index is 13.0. The van der Waals surface area contributed by atoms with Crippen LogP contribution in [0.1, 0.15) is 51.9 Å². The molecule has 0 fully saturated rings. The Morgan fingerprint density at radius 3 is 1.79 bits per heavy atom. The molecule has 1 rings (SSSR count). The van der Waals surface area contributed by atoms with Gasteiger partial charge in [0.25, 0.3) is 5.91 Å². The summed E-state index contributed by atoms with van der Waals surface area (Å²) in [6, 6.07) is 4.56. The van der Waals surface area contributed by atoms with Gasteiger partial charge in [0.1, 0.15) is 5.60 Å². The lowest BCUT2D eigenvalue weighted by molar-refractivity contribution is -0.0591. The van der Waals surface area contributed by atoms with E-state index in [9.17, 15) is 9.59 Å². The smallest absolute Gasteiger partial charge is 0.429 e. The highest BCUT2D eigenvalue weighted by atomic mass is 35.5. The number of amides is 2. The Kier molecular flexibility index (Phi) is 6.17. The Morgan fingerprint density at radius 1 is 0.958 bits per heavy atom. The Hall–Kier alpha value is -1.46. The molecule has 1 aromatic rings. The second-order valence-corrected chi connectivity index (χ2v) is 8.32. The van der Waals surface area contributed by atoms with E-state index in [4.69, 9.17) is 27.9 Å². The standard InChI is InChI=1S/C17H24Cl2N2O3/c1-16(2,3)21(20(7)15(23)24-17(4,5)6)14(22)11-8-12(18)10-13(19)9-11/h8-10H,1-7H3. The molecule has 24 heavy (non-hydrogen) atoms. The number of hydrazine groups is 1. The predicted molar refractivity (Wildman–Crippen MR) is 96.4 cm³/mol. The summed E-state index contributed by atoms with van der Waals surface area (Å²) in [7, 11) is 1.49. The lowest BCUT2D eigenvalue weighted by Gasteiger charge is -2.41. The number of hydrogen-bond acceptors (Lipinski definition) is 3. The molecule has 0 saturated heterocycles. The third kappa shape index (κ3) is 5.56. The molecule has 0 heterocycles. The summed E-state index contributed by atoms with van der Waals surface area (Å²) in [6.45, 7) is 10.7. The minimum atomic E-state index is -0.669. The molecule has 0 aliphatic rings. The van der Waals surface area contributed by atoms with Crippen LogP contribution in [0.2, 0.25) is 10.0 Å². The van der Waals surface area contributed by atoms with E-state index in [-0.39, 0.29) is 5.56 Å². The van der Waals surface area contributed by atoms with Crippen LogP contribution in [0.4, 0.5) is 4.79 Å². The lowest BCUT2D eigenvalue weighted by Crippen LogP contribution is -2.57. The molecule has 0 N–H and O–H groups in total. The summed E-state index contributed by atoms with van der Waals surface area (Å²) in [4.78, 5) is 25.3. The number of hydrogen-bond donors (Lipinski definition) is 0. The normalized spacial score (nSPS) is 11.9. The number of nitrogens with zero attached hydrogens (tertiary/aromatic N) is 2. The van der Waals surface area contributed by atoms with Crippen LogP contribution in [0.25, 0.3) is 0 Å². The van der Waals surface area contributed by atoms with Crippen molar-refractivity contribution in [3.8, 4) is 0 Å². The Balaban J connectivity index is 3.22. The highest BCUT2D eigenvalue weighted by Crippen LogP contribution is 2.25. The fourth-order valence-electron chi connectivity index (χ4n) is 2.10. The van der Waals surface area contributed by atoms with Gasteiger partial charge in [0, 0.05) is 22.7 Å². The van der Waals surface area contributed by atoms with E-state index in [1.807, 2.05) is 20.8 Å². The third-order valence-electron chi connectivity index (χ3n) is 2.90. The van der Waals surface area contributed by atoms with Crippen molar-refractivity contribution in [1.29, 1.82) is 0 Å². The van der Waals surface area contributed by atoms with Crippen LogP contribution >= 0.6 is 23.2 Å². The number of ether oxygens (including phenoxy) is 1. The summed E-state index contributed by atoms with van der Waals surface area (Å²) in [5.74, 6) is -0.403. The molecule has 0 radical (unpaired) electrons. The van der Waals surface area contributed by atoms with E-state index in [0.29, 0.717) is 10.0 Å². The van der Waals surface area contributed by atoms with E-state index in [0.717, 1.165) is 0 Å². The van der Waals surface area contributed by atoms with Gasteiger partial charge in [-0.1, -0.05) is 23.2 Å². The second-order valence-electron chi connectivity index (χ2n) is 7.45. The van der Waals surface area contributed by atoms with Crippen molar-refractivity contribution in [2.75, 3.05) is 7.05 Å². The number of rotatable bonds is 1. The summed E-state index contributed by atoms with van der Waals surface area (Å²) in [5, 5.41) is 3.19. The van der Waals surface area contributed by atoms with Gasteiger partial charge in [-0.3, -0.25) is 4.79 Å². The van der Waals surface area contributed by atoms with Gasteiger partial charge >= 0.3 is 6.09 Å². The fourth-order valence-corrected chi connectivity index (χ4v) is 2.63. The molecular formula is C17H24Cl2N2O3. The average molecular weight is 375 g/mol. The molecule has 134 valence electrons. The van der Waals surface area contributed by atoms with E-state index in [2.05, 4.69) is 0 Å². The summed E-state index contributed by atoms with van der Waals surface area (Å²) in [6.07, 6.45) is -0.626. The van der Waals surface area contributed by atoms with Gasteiger partial charge in [-0.05, 0) is 59.7 Å². The molecule has 5 nitrogen and oxygen atoms in total. The van der Waals surface area contributed by atoms with Crippen LogP contribution in [0.3, 0.4) is 0 Å². The molecule has 0 atom stereocenters. The fraction of sp³-hybridized carbons (Fsp3) is 0.529. The molecule has 0 aromatic heterocycles. The maximum absolute atomic E-state index is 13.0. The molecule has 0 bridgehead atoms.